The van der Waals surface area contributed by atoms with Gasteiger partial charge in [0, 0.05) is 17.3 Å². The second-order valence-corrected chi connectivity index (χ2v) is 4.81. The monoisotopic (exact) mass is 290 g/mol. The highest BCUT2D eigenvalue weighted by Gasteiger charge is 2.18. The molecular formula is C14H18N4O3. The van der Waals surface area contributed by atoms with E-state index >= 15 is 0 Å². The van der Waals surface area contributed by atoms with Crippen LogP contribution in [0.2, 0.25) is 0 Å². The molecule has 0 spiro atoms. The summed E-state index contributed by atoms with van der Waals surface area (Å²) in [5.41, 5.74) is 2.48. The van der Waals surface area contributed by atoms with Crippen molar-refractivity contribution in [3.05, 3.63) is 34.6 Å². The molecule has 0 aliphatic heterocycles. The summed E-state index contributed by atoms with van der Waals surface area (Å²) in [5, 5.41) is 7.16. The van der Waals surface area contributed by atoms with Gasteiger partial charge in [0.05, 0.1) is 18.8 Å². The van der Waals surface area contributed by atoms with Crippen LogP contribution in [0.3, 0.4) is 0 Å². The molecule has 7 nitrogen and oxygen atoms in total. The zero-order valence-electron chi connectivity index (χ0n) is 12.7. The van der Waals surface area contributed by atoms with Gasteiger partial charge in [-0.25, -0.2) is 14.8 Å². The molecule has 112 valence electrons. The molecule has 2 aromatic rings. The van der Waals surface area contributed by atoms with Crippen LogP contribution in [0.4, 0.5) is 5.82 Å². The van der Waals surface area contributed by atoms with Crippen molar-refractivity contribution in [3.63, 3.8) is 0 Å². The van der Waals surface area contributed by atoms with Crippen LogP contribution in [0.5, 0.6) is 0 Å². The van der Waals surface area contributed by atoms with Gasteiger partial charge in [-0.2, -0.15) is 0 Å². The first-order chi connectivity index (χ1) is 9.92. The number of nitrogens with one attached hydrogen (secondary N) is 1. The van der Waals surface area contributed by atoms with Crippen molar-refractivity contribution in [1.29, 1.82) is 0 Å². The molecule has 0 saturated carbocycles. The molecule has 0 bridgehead atoms. The first-order valence-corrected chi connectivity index (χ1v) is 6.55. The van der Waals surface area contributed by atoms with E-state index in [2.05, 4.69) is 25.2 Å². The standard InChI is InChI=1S/C14H18N4O3/c1-7-6-11(17-13(15-7)14(19)20-5)16-8(2)12-9(3)18-21-10(12)4/h6,8H,1-5H3,(H,15,16,17). The minimum Gasteiger partial charge on any atom is -0.463 e. The van der Waals surface area contributed by atoms with Crippen LogP contribution >= 0.6 is 0 Å². The average Bonchev–Trinajstić information content (AvgIpc) is 2.76. The van der Waals surface area contributed by atoms with E-state index in [9.17, 15) is 4.79 Å². The molecule has 0 aliphatic rings. The minimum atomic E-state index is -0.563. The molecule has 2 rings (SSSR count). The third-order valence-corrected chi connectivity index (χ3v) is 3.11. The van der Waals surface area contributed by atoms with E-state index in [-0.39, 0.29) is 11.9 Å². The maximum Gasteiger partial charge on any atom is 0.376 e. The maximum absolute atomic E-state index is 11.5. The number of nitrogens with zero attached hydrogens (tertiary/aromatic N) is 3. The number of methoxy groups -OCH3 is 1. The Hall–Kier alpha value is -2.44. The molecule has 1 N–H and O–H groups in total. The fraction of sp³-hybridized carbons (Fsp3) is 0.429. The molecule has 21 heavy (non-hydrogen) atoms. The molecule has 2 heterocycles. The van der Waals surface area contributed by atoms with Gasteiger partial charge in [0.25, 0.3) is 0 Å². The summed E-state index contributed by atoms with van der Waals surface area (Å²) in [5.74, 6) is 0.777. The van der Waals surface area contributed by atoms with E-state index in [0.717, 1.165) is 17.0 Å². The molecule has 1 atom stereocenters. The van der Waals surface area contributed by atoms with Crippen LogP contribution in [0.1, 0.15) is 46.3 Å². The number of hydrogen-bond acceptors (Lipinski definition) is 7. The summed E-state index contributed by atoms with van der Waals surface area (Å²) in [6.45, 7) is 7.51. The van der Waals surface area contributed by atoms with E-state index in [4.69, 9.17) is 4.52 Å². The predicted molar refractivity (Wildman–Crippen MR) is 76.1 cm³/mol. The van der Waals surface area contributed by atoms with E-state index in [0.29, 0.717) is 11.5 Å². The van der Waals surface area contributed by atoms with Crippen molar-refractivity contribution in [3.8, 4) is 0 Å². The molecule has 0 aromatic carbocycles. The first-order valence-electron chi connectivity index (χ1n) is 6.55. The third kappa shape index (κ3) is 3.18. The van der Waals surface area contributed by atoms with Crippen LogP contribution in [0.25, 0.3) is 0 Å². The van der Waals surface area contributed by atoms with Crippen molar-refractivity contribution >= 4 is 11.8 Å². The number of rotatable bonds is 4. The topological polar surface area (TPSA) is 90.1 Å². The molecular weight excluding hydrogens is 272 g/mol. The lowest BCUT2D eigenvalue weighted by atomic mass is 10.1. The van der Waals surface area contributed by atoms with Crippen molar-refractivity contribution in [2.24, 2.45) is 0 Å². The van der Waals surface area contributed by atoms with Gasteiger partial charge in [0.2, 0.25) is 5.82 Å². The van der Waals surface area contributed by atoms with Crippen LogP contribution < -0.4 is 5.32 Å². The molecule has 0 radical (unpaired) electrons. The fourth-order valence-electron chi connectivity index (χ4n) is 2.23. The molecule has 1 unspecified atom stereocenters. The van der Waals surface area contributed by atoms with Crippen molar-refractivity contribution in [1.82, 2.24) is 15.1 Å². The smallest absolute Gasteiger partial charge is 0.376 e. The number of ether oxygens (including phenoxy) is 1. The van der Waals surface area contributed by atoms with Gasteiger partial charge >= 0.3 is 5.97 Å². The SMILES string of the molecule is COC(=O)c1nc(C)cc(NC(C)c2c(C)noc2C)n1. The molecule has 0 amide bonds. The fourth-order valence-corrected chi connectivity index (χ4v) is 2.23. The lowest BCUT2D eigenvalue weighted by molar-refractivity contribution is 0.0586. The van der Waals surface area contributed by atoms with Gasteiger partial charge in [-0.05, 0) is 27.7 Å². The van der Waals surface area contributed by atoms with E-state index in [1.165, 1.54) is 7.11 Å². The lowest BCUT2D eigenvalue weighted by Gasteiger charge is -2.15. The molecule has 2 aromatic heterocycles. The molecule has 7 heteroatoms. The number of esters is 1. The van der Waals surface area contributed by atoms with Crippen LogP contribution in [0, 0.1) is 20.8 Å². The van der Waals surface area contributed by atoms with Crippen LogP contribution in [-0.2, 0) is 4.74 Å². The highest BCUT2D eigenvalue weighted by atomic mass is 16.5. The van der Waals surface area contributed by atoms with Crippen molar-refractivity contribution < 1.29 is 14.1 Å². The zero-order chi connectivity index (χ0) is 15.6. The Balaban J connectivity index is 2.27. The van der Waals surface area contributed by atoms with Gasteiger partial charge in [-0.1, -0.05) is 5.16 Å². The molecule has 0 saturated heterocycles. The van der Waals surface area contributed by atoms with Crippen LogP contribution in [-0.4, -0.2) is 28.2 Å². The van der Waals surface area contributed by atoms with Gasteiger partial charge in [-0.15, -0.1) is 0 Å². The Kier molecular flexibility index (Phi) is 4.21. The number of aromatic nitrogens is 3. The van der Waals surface area contributed by atoms with E-state index in [1.807, 2.05) is 20.8 Å². The normalized spacial score (nSPS) is 12.0. The Labute approximate surface area is 122 Å². The van der Waals surface area contributed by atoms with Gasteiger partial charge in [-0.3, -0.25) is 0 Å². The second kappa shape index (κ2) is 5.90. The quantitative estimate of drug-likeness (QED) is 0.864. The number of carbonyl (C=O) groups excluding carboxylic acids is 1. The summed E-state index contributed by atoms with van der Waals surface area (Å²) in [6.07, 6.45) is 0. The summed E-state index contributed by atoms with van der Waals surface area (Å²) >= 11 is 0. The summed E-state index contributed by atoms with van der Waals surface area (Å²) in [6, 6.07) is 1.71. The van der Waals surface area contributed by atoms with E-state index in [1.54, 1.807) is 13.0 Å². The van der Waals surface area contributed by atoms with Crippen LogP contribution in [0.15, 0.2) is 10.6 Å². The first kappa shape index (κ1) is 15.0. The average molecular weight is 290 g/mol. The third-order valence-electron chi connectivity index (χ3n) is 3.11. The maximum atomic E-state index is 11.5. The minimum absolute atomic E-state index is 0.0333. The zero-order valence-corrected chi connectivity index (χ0v) is 12.7. The Morgan fingerprint density at radius 2 is 2.05 bits per heavy atom. The van der Waals surface area contributed by atoms with Gasteiger partial charge < -0.3 is 14.6 Å². The highest BCUT2D eigenvalue weighted by molar-refractivity contribution is 5.85. The van der Waals surface area contributed by atoms with Crippen molar-refractivity contribution in [2.75, 3.05) is 12.4 Å². The number of aryl methyl sites for hydroxylation is 3. The summed E-state index contributed by atoms with van der Waals surface area (Å²) < 4.78 is 9.81. The molecule has 0 fully saturated rings. The Morgan fingerprint density at radius 3 is 2.62 bits per heavy atom. The number of carbonyl (C=O) groups is 1. The largest absolute Gasteiger partial charge is 0.463 e. The van der Waals surface area contributed by atoms with Gasteiger partial charge in [0.15, 0.2) is 0 Å². The second-order valence-electron chi connectivity index (χ2n) is 4.81. The molecule has 0 aliphatic carbocycles. The number of hydrogen-bond donors (Lipinski definition) is 1. The van der Waals surface area contributed by atoms with Gasteiger partial charge in [0.1, 0.15) is 11.6 Å². The summed E-state index contributed by atoms with van der Waals surface area (Å²) in [7, 11) is 1.30. The van der Waals surface area contributed by atoms with Crippen molar-refractivity contribution in [2.45, 2.75) is 33.7 Å². The summed E-state index contributed by atoms with van der Waals surface area (Å²) in [4.78, 5) is 19.8. The van der Waals surface area contributed by atoms with E-state index < -0.39 is 5.97 Å². The Morgan fingerprint density at radius 1 is 1.33 bits per heavy atom. The Bertz CT molecular complexity index is 647. The predicted octanol–water partition coefficient (Wildman–Crippen LogP) is 2.35. The lowest BCUT2D eigenvalue weighted by Crippen LogP contribution is -2.14. The number of anilines is 1. The highest BCUT2D eigenvalue weighted by Crippen LogP contribution is 2.24.